The summed E-state index contributed by atoms with van der Waals surface area (Å²) < 4.78 is 0. The minimum absolute atomic E-state index is 0.716. The third-order valence-corrected chi connectivity index (χ3v) is 3.59. The molecule has 3 heteroatoms. The number of benzene rings is 1. The number of carboxylic acid groups (broad SMARTS) is 1. The molecule has 1 aromatic rings. The zero-order chi connectivity index (χ0) is 8.55. The van der Waals surface area contributed by atoms with Gasteiger partial charge in [-0.15, -0.1) is 10.9 Å². The van der Waals surface area contributed by atoms with E-state index in [9.17, 15) is 4.79 Å². The van der Waals surface area contributed by atoms with Gasteiger partial charge in [-0.3, -0.25) is 0 Å². The molecule has 2 nitrogen and oxygen atoms in total. The van der Waals surface area contributed by atoms with E-state index in [1.807, 2.05) is 30.3 Å². The molecule has 0 bridgehead atoms. The zero-order valence-corrected chi connectivity index (χ0v) is 7.16. The average Bonchev–Trinajstić information content (AvgIpc) is 2.47. The standard InChI is InChI=1S/C9H8O2S/c10-9(11)12-6-5-7-3-1-2-4-8(7)12/h1-6,12H,(H,10,11). The van der Waals surface area contributed by atoms with E-state index in [0.29, 0.717) is 0 Å². The third kappa shape index (κ3) is 1.02. The fourth-order valence-electron chi connectivity index (χ4n) is 1.25. The second-order valence-corrected chi connectivity index (χ2v) is 4.43. The Kier molecular flexibility index (Phi) is 1.66. The minimum Gasteiger partial charge on any atom is -0.474 e. The van der Waals surface area contributed by atoms with Crippen molar-refractivity contribution in [1.29, 1.82) is 0 Å². The molecule has 0 radical (unpaired) electrons. The van der Waals surface area contributed by atoms with Gasteiger partial charge >= 0.3 is 5.30 Å². The van der Waals surface area contributed by atoms with Gasteiger partial charge in [0.25, 0.3) is 0 Å². The Morgan fingerprint density at radius 3 is 2.83 bits per heavy atom. The van der Waals surface area contributed by atoms with Crippen LogP contribution in [0, 0.1) is 0 Å². The molecule has 1 atom stereocenters. The highest BCUT2D eigenvalue weighted by Gasteiger charge is 2.18. The smallest absolute Gasteiger partial charge is 0.352 e. The lowest BCUT2D eigenvalue weighted by molar-refractivity contribution is 0.222. The first-order valence-corrected chi connectivity index (χ1v) is 4.99. The van der Waals surface area contributed by atoms with E-state index < -0.39 is 16.2 Å². The van der Waals surface area contributed by atoms with Gasteiger partial charge < -0.3 is 5.11 Å². The summed E-state index contributed by atoms with van der Waals surface area (Å²) in [5, 5.41) is 9.90. The summed E-state index contributed by atoms with van der Waals surface area (Å²) in [6.45, 7) is 0. The summed E-state index contributed by atoms with van der Waals surface area (Å²) in [5.74, 6) is 0. The lowest BCUT2D eigenvalue weighted by Crippen LogP contribution is -1.90. The molecule has 1 heterocycles. The maximum Gasteiger partial charge on any atom is 0.352 e. The Bertz CT molecular complexity index is 357. The van der Waals surface area contributed by atoms with Crippen LogP contribution in [-0.4, -0.2) is 10.4 Å². The highest BCUT2D eigenvalue weighted by Crippen LogP contribution is 2.45. The van der Waals surface area contributed by atoms with E-state index in [1.54, 1.807) is 5.41 Å². The van der Waals surface area contributed by atoms with Crippen LogP contribution >= 0.6 is 10.9 Å². The Morgan fingerprint density at radius 1 is 1.33 bits per heavy atom. The van der Waals surface area contributed by atoms with Crippen LogP contribution in [0.2, 0.25) is 0 Å². The predicted molar refractivity (Wildman–Crippen MR) is 50.8 cm³/mol. The fraction of sp³-hybridized carbons (Fsp3) is 0. The van der Waals surface area contributed by atoms with Crippen molar-refractivity contribution in [1.82, 2.24) is 0 Å². The number of hydrogen-bond acceptors (Lipinski definition) is 1. The molecule has 2 rings (SSSR count). The van der Waals surface area contributed by atoms with Gasteiger partial charge in [0.2, 0.25) is 0 Å². The molecule has 0 aliphatic carbocycles. The van der Waals surface area contributed by atoms with Crippen LogP contribution in [0.3, 0.4) is 0 Å². The van der Waals surface area contributed by atoms with Gasteiger partial charge in [0.05, 0.1) is 0 Å². The molecule has 0 saturated heterocycles. The van der Waals surface area contributed by atoms with Crippen molar-refractivity contribution in [3.63, 3.8) is 0 Å². The summed E-state index contributed by atoms with van der Waals surface area (Å²) in [4.78, 5) is 11.7. The second kappa shape index (κ2) is 2.68. The van der Waals surface area contributed by atoms with Crippen molar-refractivity contribution < 1.29 is 9.90 Å². The molecule has 0 aromatic heterocycles. The molecule has 12 heavy (non-hydrogen) atoms. The van der Waals surface area contributed by atoms with E-state index in [-0.39, 0.29) is 0 Å². The van der Waals surface area contributed by atoms with Crippen LogP contribution in [0.1, 0.15) is 5.56 Å². The Balaban J connectivity index is 2.49. The van der Waals surface area contributed by atoms with Crippen LogP contribution in [0.5, 0.6) is 0 Å². The number of thiol groups is 1. The quantitative estimate of drug-likeness (QED) is 0.602. The lowest BCUT2D eigenvalue weighted by atomic mass is 10.2. The molecular formula is C9H8O2S. The summed E-state index contributed by atoms with van der Waals surface area (Å²) in [5.41, 5.74) is 1.05. The topological polar surface area (TPSA) is 37.3 Å². The molecule has 0 spiro atoms. The molecule has 0 amide bonds. The molecule has 62 valence electrons. The van der Waals surface area contributed by atoms with Crippen molar-refractivity contribution in [2.24, 2.45) is 0 Å². The van der Waals surface area contributed by atoms with Gasteiger partial charge in [-0.25, -0.2) is 4.79 Å². The highest BCUT2D eigenvalue weighted by molar-refractivity contribution is 8.32. The van der Waals surface area contributed by atoms with Crippen molar-refractivity contribution in [2.45, 2.75) is 4.90 Å². The molecular weight excluding hydrogens is 172 g/mol. The maximum absolute atomic E-state index is 10.7. The van der Waals surface area contributed by atoms with Gasteiger partial charge in [-0.05, 0) is 23.1 Å². The molecule has 1 N–H and O–H groups in total. The van der Waals surface area contributed by atoms with Crippen molar-refractivity contribution in [3.8, 4) is 0 Å². The predicted octanol–water partition coefficient (Wildman–Crippen LogP) is 2.71. The third-order valence-electron chi connectivity index (χ3n) is 1.81. The summed E-state index contributed by atoms with van der Waals surface area (Å²) >= 11 is 0. The average molecular weight is 180 g/mol. The number of hydrogen-bond donors (Lipinski definition) is 2. The van der Waals surface area contributed by atoms with Crippen LogP contribution in [0.15, 0.2) is 34.6 Å². The van der Waals surface area contributed by atoms with E-state index in [0.717, 1.165) is 10.5 Å². The zero-order valence-electron chi connectivity index (χ0n) is 6.27. The Hall–Kier alpha value is -1.22. The van der Waals surface area contributed by atoms with Crippen LogP contribution < -0.4 is 0 Å². The first-order chi connectivity index (χ1) is 5.79. The van der Waals surface area contributed by atoms with Crippen LogP contribution in [-0.2, 0) is 0 Å². The maximum atomic E-state index is 10.7. The monoisotopic (exact) mass is 180 g/mol. The van der Waals surface area contributed by atoms with Crippen molar-refractivity contribution in [3.05, 3.63) is 35.2 Å². The van der Waals surface area contributed by atoms with E-state index in [4.69, 9.17) is 5.11 Å². The SMILES string of the molecule is O=C(O)[SH]1C=Cc2ccccc21. The molecule has 0 fully saturated rings. The second-order valence-electron chi connectivity index (χ2n) is 2.53. The lowest BCUT2D eigenvalue weighted by Gasteiger charge is -2.07. The summed E-state index contributed by atoms with van der Waals surface area (Å²) in [7, 11) is -1.08. The van der Waals surface area contributed by atoms with E-state index >= 15 is 0 Å². The summed E-state index contributed by atoms with van der Waals surface area (Å²) in [6, 6.07) is 7.63. The molecule has 0 saturated carbocycles. The normalized spacial score (nSPS) is 22.2. The summed E-state index contributed by atoms with van der Waals surface area (Å²) in [6.07, 6.45) is 1.88. The molecule has 1 aliphatic heterocycles. The van der Waals surface area contributed by atoms with Gasteiger partial charge in [-0.1, -0.05) is 18.2 Å². The molecule has 1 unspecified atom stereocenters. The Morgan fingerprint density at radius 2 is 2.08 bits per heavy atom. The van der Waals surface area contributed by atoms with E-state index in [1.165, 1.54) is 0 Å². The van der Waals surface area contributed by atoms with E-state index in [2.05, 4.69) is 0 Å². The van der Waals surface area contributed by atoms with Crippen LogP contribution in [0.25, 0.3) is 6.08 Å². The molecule has 1 aromatic carbocycles. The highest BCUT2D eigenvalue weighted by atomic mass is 32.2. The first kappa shape index (κ1) is 7.43. The largest absolute Gasteiger partial charge is 0.474 e. The van der Waals surface area contributed by atoms with Gasteiger partial charge in [0, 0.05) is 4.90 Å². The van der Waals surface area contributed by atoms with Crippen LogP contribution in [0.4, 0.5) is 4.79 Å². The fourth-order valence-corrected chi connectivity index (χ4v) is 2.73. The number of fused-ring (bicyclic) bond motifs is 1. The number of carbonyl (C=O) groups is 1. The Labute approximate surface area is 72.9 Å². The molecule has 1 aliphatic rings. The number of rotatable bonds is 0. The first-order valence-electron chi connectivity index (χ1n) is 3.58. The van der Waals surface area contributed by atoms with Gasteiger partial charge in [0.15, 0.2) is 0 Å². The van der Waals surface area contributed by atoms with Crippen molar-refractivity contribution >= 4 is 22.3 Å². The van der Waals surface area contributed by atoms with Gasteiger partial charge in [0.1, 0.15) is 0 Å². The van der Waals surface area contributed by atoms with Crippen molar-refractivity contribution in [2.75, 3.05) is 0 Å². The van der Waals surface area contributed by atoms with Gasteiger partial charge in [-0.2, -0.15) is 0 Å². The minimum atomic E-state index is -1.08.